The van der Waals surface area contributed by atoms with E-state index >= 15 is 0 Å². The Labute approximate surface area is 136 Å². The Hall–Kier alpha value is -2.38. The Bertz CT molecular complexity index is 918. The molecule has 0 N–H and O–H groups in total. The number of hydrogen-bond acceptors (Lipinski definition) is 2. The number of fused-ring (bicyclic) bond motifs is 1. The van der Waals surface area contributed by atoms with E-state index in [1.807, 2.05) is 48.7 Å². The Morgan fingerprint density at radius 3 is 2.77 bits per heavy atom. The predicted molar refractivity (Wildman–Crippen MR) is 89.9 cm³/mol. The number of hydrogen-bond donors (Lipinski definition) is 0. The largest absolute Gasteiger partial charge is 0.342 e. The zero-order valence-electron chi connectivity index (χ0n) is 12.0. The van der Waals surface area contributed by atoms with Gasteiger partial charge in [-0.2, -0.15) is 5.26 Å². The van der Waals surface area contributed by atoms with Gasteiger partial charge in [-0.25, -0.2) is 0 Å². The minimum Gasteiger partial charge on any atom is -0.342 e. The average molecular weight is 353 g/mol. The Kier molecular flexibility index (Phi) is 3.82. The van der Waals surface area contributed by atoms with Crippen molar-refractivity contribution in [2.24, 2.45) is 0 Å². The van der Waals surface area contributed by atoms with Crippen molar-refractivity contribution in [2.45, 2.75) is 13.5 Å². The van der Waals surface area contributed by atoms with Gasteiger partial charge in [0.1, 0.15) is 0 Å². The summed E-state index contributed by atoms with van der Waals surface area (Å²) in [5, 5.41) is 10.0. The Balaban J connectivity index is 2.09. The number of benzene rings is 2. The molecule has 0 saturated carbocycles. The molecular formula is C18H13BrN2O. The minimum absolute atomic E-state index is 0.0675. The molecule has 0 atom stereocenters. The Morgan fingerprint density at radius 1 is 1.27 bits per heavy atom. The van der Waals surface area contributed by atoms with E-state index in [0.717, 1.165) is 26.5 Å². The van der Waals surface area contributed by atoms with Crippen molar-refractivity contribution in [1.29, 1.82) is 5.26 Å². The molecule has 0 radical (unpaired) electrons. The van der Waals surface area contributed by atoms with E-state index < -0.39 is 0 Å². The number of ketones is 1. The van der Waals surface area contributed by atoms with Crippen molar-refractivity contribution in [3.8, 4) is 6.07 Å². The van der Waals surface area contributed by atoms with Crippen molar-refractivity contribution < 1.29 is 4.79 Å². The molecule has 3 aromatic rings. The van der Waals surface area contributed by atoms with Crippen LogP contribution in [0.3, 0.4) is 0 Å². The quantitative estimate of drug-likeness (QED) is 0.650. The second kappa shape index (κ2) is 5.78. The van der Waals surface area contributed by atoms with Crippen LogP contribution in [-0.2, 0) is 6.54 Å². The van der Waals surface area contributed by atoms with Crippen LogP contribution in [0.15, 0.2) is 53.1 Å². The molecule has 3 nitrogen and oxygen atoms in total. The summed E-state index contributed by atoms with van der Waals surface area (Å²) < 4.78 is 3.03. The fourth-order valence-corrected chi connectivity index (χ4v) is 3.20. The zero-order chi connectivity index (χ0) is 15.7. The van der Waals surface area contributed by atoms with Crippen molar-refractivity contribution in [3.05, 3.63) is 69.8 Å². The molecular weight excluding hydrogens is 340 g/mol. The molecule has 0 amide bonds. The van der Waals surface area contributed by atoms with Crippen LogP contribution in [0.25, 0.3) is 10.9 Å². The van der Waals surface area contributed by atoms with Crippen molar-refractivity contribution in [1.82, 2.24) is 4.57 Å². The Morgan fingerprint density at radius 2 is 2.05 bits per heavy atom. The number of carbonyl (C=O) groups is 1. The van der Waals surface area contributed by atoms with E-state index in [-0.39, 0.29) is 5.78 Å². The number of nitrogens with zero attached hydrogens (tertiary/aromatic N) is 2. The minimum atomic E-state index is 0.0675. The molecule has 22 heavy (non-hydrogen) atoms. The summed E-state index contributed by atoms with van der Waals surface area (Å²) >= 11 is 3.54. The second-order valence-electron chi connectivity index (χ2n) is 5.16. The summed E-state index contributed by atoms with van der Waals surface area (Å²) in [4.78, 5) is 11.8. The van der Waals surface area contributed by atoms with Crippen molar-refractivity contribution >= 4 is 32.6 Å². The van der Waals surface area contributed by atoms with Crippen LogP contribution >= 0.6 is 15.9 Å². The van der Waals surface area contributed by atoms with Gasteiger partial charge in [-0.15, -0.1) is 0 Å². The molecule has 0 unspecified atom stereocenters. The number of nitriles is 1. The van der Waals surface area contributed by atoms with Gasteiger partial charge in [0.25, 0.3) is 0 Å². The third-order valence-electron chi connectivity index (χ3n) is 3.70. The van der Waals surface area contributed by atoms with Gasteiger partial charge in [0.05, 0.1) is 11.6 Å². The molecule has 0 saturated heterocycles. The average Bonchev–Trinajstić information content (AvgIpc) is 2.83. The molecule has 2 aromatic carbocycles. The van der Waals surface area contributed by atoms with Crippen molar-refractivity contribution in [2.75, 3.05) is 0 Å². The molecule has 1 aromatic heterocycles. The normalized spacial score (nSPS) is 10.6. The van der Waals surface area contributed by atoms with Crippen LogP contribution in [0, 0.1) is 11.3 Å². The lowest BCUT2D eigenvalue weighted by atomic mass is 10.0. The van der Waals surface area contributed by atoms with Crippen LogP contribution < -0.4 is 0 Å². The van der Waals surface area contributed by atoms with Crippen LogP contribution in [0.5, 0.6) is 0 Å². The molecule has 0 aliphatic rings. The highest BCUT2D eigenvalue weighted by Crippen LogP contribution is 2.28. The number of halogens is 1. The third-order valence-corrected chi connectivity index (χ3v) is 4.33. The molecule has 0 aliphatic heterocycles. The lowest BCUT2D eigenvalue weighted by Gasteiger charge is -2.09. The topological polar surface area (TPSA) is 45.8 Å². The van der Waals surface area contributed by atoms with Gasteiger partial charge in [-0.05, 0) is 46.6 Å². The van der Waals surface area contributed by atoms with E-state index in [1.54, 1.807) is 6.92 Å². The summed E-state index contributed by atoms with van der Waals surface area (Å²) in [5.41, 5.74) is 3.40. The van der Waals surface area contributed by atoms with E-state index in [9.17, 15) is 4.79 Å². The van der Waals surface area contributed by atoms with E-state index in [4.69, 9.17) is 5.26 Å². The van der Waals surface area contributed by atoms with E-state index in [2.05, 4.69) is 26.6 Å². The molecule has 0 aliphatic carbocycles. The second-order valence-corrected chi connectivity index (χ2v) is 6.02. The third kappa shape index (κ3) is 2.56. The fourth-order valence-electron chi connectivity index (χ4n) is 2.64. The van der Waals surface area contributed by atoms with Crippen LogP contribution in [0.1, 0.15) is 28.4 Å². The highest BCUT2D eigenvalue weighted by atomic mass is 79.9. The van der Waals surface area contributed by atoms with Crippen LogP contribution in [0.2, 0.25) is 0 Å². The first-order chi connectivity index (χ1) is 10.6. The highest BCUT2D eigenvalue weighted by molar-refractivity contribution is 9.10. The smallest absolute Gasteiger partial charge is 0.160 e. The standard InChI is InChI=1S/C18H13BrN2O/c1-12(22)15-5-3-2-4-14(15)10-21-11-17(19)16-8-13(9-20)6-7-18(16)21/h2-8,11H,10H2,1H3. The molecule has 0 bridgehead atoms. The predicted octanol–water partition coefficient (Wildman–Crippen LogP) is 4.53. The zero-order valence-corrected chi connectivity index (χ0v) is 13.6. The lowest BCUT2D eigenvalue weighted by Crippen LogP contribution is -2.04. The highest BCUT2D eigenvalue weighted by Gasteiger charge is 2.11. The number of Topliss-reactive ketones (excluding diaryl/α,β-unsaturated/α-hetero) is 1. The summed E-state index contributed by atoms with van der Waals surface area (Å²) in [5.74, 6) is 0.0675. The molecule has 108 valence electrons. The first-order valence-corrected chi connectivity index (χ1v) is 7.67. The van der Waals surface area contributed by atoms with E-state index in [1.165, 1.54) is 0 Å². The summed E-state index contributed by atoms with van der Waals surface area (Å²) in [6.45, 7) is 2.20. The van der Waals surface area contributed by atoms with E-state index in [0.29, 0.717) is 12.1 Å². The molecule has 1 heterocycles. The van der Waals surface area contributed by atoms with Gasteiger partial charge >= 0.3 is 0 Å². The van der Waals surface area contributed by atoms with Gasteiger partial charge in [-0.3, -0.25) is 4.79 Å². The maximum absolute atomic E-state index is 11.8. The monoisotopic (exact) mass is 352 g/mol. The SMILES string of the molecule is CC(=O)c1ccccc1Cn1cc(Br)c2cc(C#N)ccc21. The number of carbonyl (C=O) groups excluding carboxylic acids is 1. The van der Waals surface area contributed by atoms with Gasteiger partial charge < -0.3 is 4.57 Å². The summed E-state index contributed by atoms with van der Waals surface area (Å²) in [6, 6.07) is 15.4. The van der Waals surface area contributed by atoms with Crippen molar-refractivity contribution in [3.63, 3.8) is 0 Å². The maximum atomic E-state index is 11.8. The fraction of sp³-hybridized carbons (Fsp3) is 0.111. The van der Waals surface area contributed by atoms with Gasteiger partial charge in [0, 0.05) is 33.7 Å². The first-order valence-electron chi connectivity index (χ1n) is 6.87. The van der Waals surface area contributed by atoms with Gasteiger partial charge in [-0.1, -0.05) is 24.3 Å². The van der Waals surface area contributed by atoms with Crippen LogP contribution in [0.4, 0.5) is 0 Å². The van der Waals surface area contributed by atoms with Crippen LogP contribution in [-0.4, -0.2) is 10.4 Å². The summed E-state index contributed by atoms with van der Waals surface area (Å²) in [6.07, 6.45) is 1.99. The molecule has 4 heteroatoms. The first kappa shape index (κ1) is 14.6. The number of aromatic nitrogens is 1. The lowest BCUT2D eigenvalue weighted by molar-refractivity contribution is 0.101. The van der Waals surface area contributed by atoms with Gasteiger partial charge in [0.2, 0.25) is 0 Å². The van der Waals surface area contributed by atoms with Gasteiger partial charge in [0.15, 0.2) is 5.78 Å². The number of rotatable bonds is 3. The molecule has 3 rings (SSSR count). The maximum Gasteiger partial charge on any atom is 0.160 e. The molecule has 0 spiro atoms. The molecule has 0 fully saturated rings. The summed E-state index contributed by atoms with van der Waals surface area (Å²) in [7, 11) is 0.